The monoisotopic (exact) mass is 364 g/mol. The molecular formula is C22H24N2O3. The number of hydrogen-bond donors (Lipinski definition) is 2. The zero-order valence-electron chi connectivity index (χ0n) is 15.8. The molecule has 1 aliphatic heterocycles. The minimum absolute atomic E-state index is 0.261. The molecule has 5 nitrogen and oxygen atoms in total. The third-order valence-corrected chi connectivity index (χ3v) is 4.57. The van der Waals surface area contributed by atoms with Gasteiger partial charge in [-0.3, -0.25) is 0 Å². The van der Waals surface area contributed by atoms with Crippen LogP contribution >= 0.6 is 0 Å². The number of urea groups is 1. The molecule has 1 heterocycles. The highest BCUT2D eigenvalue weighted by Gasteiger charge is 2.34. The van der Waals surface area contributed by atoms with E-state index in [-0.39, 0.29) is 12.6 Å². The third-order valence-electron chi connectivity index (χ3n) is 4.57. The summed E-state index contributed by atoms with van der Waals surface area (Å²) in [5, 5.41) is 5.64. The van der Waals surface area contributed by atoms with E-state index in [1.165, 1.54) is 5.56 Å². The lowest BCUT2D eigenvalue weighted by molar-refractivity contribution is -0.138. The maximum absolute atomic E-state index is 12.8. The van der Waals surface area contributed by atoms with Gasteiger partial charge in [-0.15, -0.1) is 0 Å². The predicted molar refractivity (Wildman–Crippen MR) is 105 cm³/mol. The van der Waals surface area contributed by atoms with Crippen LogP contribution in [0.4, 0.5) is 4.79 Å². The summed E-state index contributed by atoms with van der Waals surface area (Å²) in [6, 6.07) is 16.4. The molecule has 27 heavy (non-hydrogen) atoms. The molecule has 0 saturated heterocycles. The number of benzene rings is 2. The van der Waals surface area contributed by atoms with E-state index in [4.69, 9.17) is 4.74 Å². The van der Waals surface area contributed by atoms with E-state index in [1.54, 1.807) is 6.92 Å². The Bertz CT molecular complexity index is 855. The minimum Gasteiger partial charge on any atom is -0.463 e. The molecule has 140 valence electrons. The van der Waals surface area contributed by atoms with Gasteiger partial charge in [0.2, 0.25) is 0 Å². The molecule has 5 heteroatoms. The SMILES string of the molecule is CCOC(=O)C1=C(c2ccccc2)NC(=O)N[C@H]1c1ccc(C(C)C)cc1. The van der Waals surface area contributed by atoms with Crippen LogP contribution in [-0.4, -0.2) is 18.6 Å². The summed E-state index contributed by atoms with van der Waals surface area (Å²) >= 11 is 0. The Morgan fingerprint density at radius 3 is 2.33 bits per heavy atom. The van der Waals surface area contributed by atoms with Crippen molar-refractivity contribution in [1.29, 1.82) is 0 Å². The number of esters is 1. The Morgan fingerprint density at radius 1 is 1.07 bits per heavy atom. The van der Waals surface area contributed by atoms with Gasteiger partial charge >= 0.3 is 12.0 Å². The van der Waals surface area contributed by atoms with Crippen molar-refractivity contribution in [3.8, 4) is 0 Å². The molecule has 0 radical (unpaired) electrons. The molecule has 3 rings (SSSR count). The molecule has 0 aliphatic carbocycles. The van der Waals surface area contributed by atoms with Crippen LogP contribution in [0.3, 0.4) is 0 Å². The van der Waals surface area contributed by atoms with Crippen LogP contribution in [0.15, 0.2) is 60.2 Å². The van der Waals surface area contributed by atoms with Gasteiger partial charge in [-0.2, -0.15) is 0 Å². The summed E-state index contributed by atoms with van der Waals surface area (Å²) in [5.41, 5.74) is 3.68. The van der Waals surface area contributed by atoms with Crippen molar-refractivity contribution in [3.05, 3.63) is 76.9 Å². The van der Waals surface area contributed by atoms with Gasteiger partial charge in [0, 0.05) is 0 Å². The molecule has 1 aliphatic rings. The van der Waals surface area contributed by atoms with Crippen LogP contribution in [0.2, 0.25) is 0 Å². The van der Waals surface area contributed by atoms with Crippen molar-refractivity contribution in [2.45, 2.75) is 32.7 Å². The molecular weight excluding hydrogens is 340 g/mol. The Morgan fingerprint density at radius 2 is 1.74 bits per heavy atom. The largest absolute Gasteiger partial charge is 0.463 e. The van der Waals surface area contributed by atoms with E-state index in [9.17, 15) is 9.59 Å². The molecule has 0 unspecified atom stereocenters. The standard InChI is InChI=1S/C22H24N2O3/c1-4-27-21(25)18-19(16-8-6-5-7-9-16)23-22(26)24-20(18)17-12-10-15(11-13-17)14(2)3/h5-14,20H,4H2,1-3H3,(H2,23,24,26)/t20-/m0/s1. The molecule has 0 saturated carbocycles. The van der Waals surface area contributed by atoms with Gasteiger partial charge in [0.1, 0.15) is 0 Å². The first-order chi connectivity index (χ1) is 13.0. The molecule has 2 N–H and O–H groups in total. The number of hydrogen-bond acceptors (Lipinski definition) is 3. The van der Waals surface area contributed by atoms with Crippen molar-refractivity contribution in [3.63, 3.8) is 0 Å². The second-order valence-electron chi connectivity index (χ2n) is 6.73. The first-order valence-electron chi connectivity index (χ1n) is 9.15. The van der Waals surface area contributed by atoms with Crippen LogP contribution in [0.1, 0.15) is 49.4 Å². The van der Waals surface area contributed by atoms with E-state index < -0.39 is 12.0 Å². The fourth-order valence-electron chi connectivity index (χ4n) is 3.15. The summed E-state index contributed by atoms with van der Waals surface area (Å²) in [6.07, 6.45) is 0. The number of carbonyl (C=O) groups excluding carboxylic acids is 2. The second kappa shape index (κ2) is 8.08. The summed E-state index contributed by atoms with van der Waals surface area (Å²) < 4.78 is 5.29. The van der Waals surface area contributed by atoms with Gasteiger partial charge in [-0.05, 0) is 29.5 Å². The zero-order chi connectivity index (χ0) is 19.4. The van der Waals surface area contributed by atoms with Crippen molar-refractivity contribution < 1.29 is 14.3 Å². The molecule has 1 atom stereocenters. The van der Waals surface area contributed by atoms with Gasteiger partial charge in [-0.25, -0.2) is 9.59 Å². The van der Waals surface area contributed by atoms with Crippen molar-refractivity contribution in [1.82, 2.24) is 10.6 Å². The lowest BCUT2D eigenvalue weighted by Crippen LogP contribution is -2.45. The van der Waals surface area contributed by atoms with Crippen LogP contribution in [0, 0.1) is 0 Å². The van der Waals surface area contributed by atoms with E-state index in [1.807, 2.05) is 54.6 Å². The molecule has 0 bridgehead atoms. The zero-order valence-corrected chi connectivity index (χ0v) is 15.8. The van der Waals surface area contributed by atoms with Gasteiger partial charge < -0.3 is 15.4 Å². The molecule has 2 aromatic carbocycles. The average molecular weight is 364 g/mol. The first-order valence-corrected chi connectivity index (χ1v) is 9.15. The Hall–Kier alpha value is -3.08. The molecule has 0 spiro atoms. The number of carbonyl (C=O) groups is 2. The highest BCUT2D eigenvalue weighted by Crippen LogP contribution is 2.32. The number of rotatable bonds is 5. The summed E-state index contributed by atoms with van der Waals surface area (Å²) in [7, 11) is 0. The normalized spacial score (nSPS) is 16.7. The van der Waals surface area contributed by atoms with Crippen LogP contribution < -0.4 is 10.6 Å². The number of nitrogens with one attached hydrogen (secondary N) is 2. The average Bonchev–Trinajstić information content (AvgIpc) is 2.68. The maximum Gasteiger partial charge on any atom is 0.338 e. The minimum atomic E-state index is -0.575. The van der Waals surface area contributed by atoms with E-state index >= 15 is 0 Å². The maximum atomic E-state index is 12.8. The van der Waals surface area contributed by atoms with Gasteiger partial charge in [-0.1, -0.05) is 68.4 Å². The van der Waals surface area contributed by atoms with E-state index in [2.05, 4.69) is 24.5 Å². The van der Waals surface area contributed by atoms with Crippen LogP contribution in [0.5, 0.6) is 0 Å². The van der Waals surface area contributed by atoms with Crippen molar-refractivity contribution >= 4 is 17.7 Å². The summed E-state index contributed by atoms with van der Waals surface area (Å²) in [6.45, 7) is 6.27. The topological polar surface area (TPSA) is 67.4 Å². The first kappa shape index (κ1) is 18.7. The molecule has 2 aromatic rings. The highest BCUT2D eigenvalue weighted by atomic mass is 16.5. The number of ether oxygens (including phenoxy) is 1. The summed E-state index contributed by atoms with van der Waals surface area (Å²) in [5.74, 6) is -0.0385. The quantitative estimate of drug-likeness (QED) is 0.784. The summed E-state index contributed by atoms with van der Waals surface area (Å²) in [4.78, 5) is 25.1. The van der Waals surface area contributed by atoms with Crippen molar-refractivity contribution in [2.75, 3.05) is 6.61 Å². The molecule has 0 fully saturated rings. The lowest BCUT2D eigenvalue weighted by Gasteiger charge is -2.29. The molecule has 2 amide bonds. The Balaban J connectivity index is 2.12. The fourth-order valence-corrected chi connectivity index (χ4v) is 3.15. The fraction of sp³-hybridized carbons (Fsp3) is 0.273. The van der Waals surface area contributed by atoms with Crippen LogP contribution in [-0.2, 0) is 9.53 Å². The van der Waals surface area contributed by atoms with Gasteiger partial charge in [0.25, 0.3) is 0 Å². The Kier molecular flexibility index (Phi) is 5.60. The predicted octanol–water partition coefficient (Wildman–Crippen LogP) is 4.14. The second-order valence-corrected chi connectivity index (χ2v) is 6.73. The van der Waals surface area contributed by atoms with Crippen LogP contribution in [0.25, 0.3) is 5.70 Å². The molecule has 0 aromatic heterocycles. The Labute approximate surface area is 159 Å². The number of amides is 2. The van der Waals surface area contributed by atoms with Crippen molar-refractivity contribution in [2.24, 2.45) is 0 Å². The third kappa shape index (κ3) is 4.03. The highest BCUT2D eigenvalue weighted by molar-refractivity contribution is 6.04. The van der Waals surface area contributed by atoms with Gasteiger partial charge in [0.15, 0.2) is 0 Å². The van der Waals surface area contributed by atoms with E-state index in [0.29, 0.717) is 17.2 Å². The lowest BCUT2D eigenvalue weighted by atomic mass is 9.91. The van der Waals surface area contributed by atoms with E-state index in [0.717, 1.165) is 11.1 Å². The smallest absolute Gasteiger partial charge is 0.338 e. The van der Waals surface area contributed by atoms with Gasteiger partial charge in [0.05, 0.1) is 23.9 Å².